The van der Waals surface area contributed by atoms with Crippen LogP contribution in [0, 0.1) is 17.1 Å². The van der Waals surface area contributed by atoms with Gasteiger partial charge in [0.25, 0.3) is 5.91 Å². The average Bonchev–Trinajstić information content (AvgIpc) is 2.91. The Kier molecular flexibility index (Phi) is 4.57. The van der Waals surface area contributed by atoms with Crippen molar-refractivity contribution in [2.45, 2.75) is 44.8 Å². The van der Waals surface area contributed by atoms with Gasteiger partial charge < -0.3 is 10.1 Å². The lowest BCUT2D eigenvalue weighted by Gasteiger charge is -2.18. The molecule has 0 saturated heterocycles. The van der Waals surface area contributed by atoms with Crippen LogP contribution in [0.2, 0.25) is 0 Å². The van der Waals surface area contributed by atoms with Crippen molar-refractivity contribution in [3.8, 4) is 11.8 Å². The van der Waals surface area contributed by atoms with Crippen molar-refractivity contribution in [3.63, 3.8) is 0 Å². The van der Waals surface area contributed by atoms with E-state index >= 15 is 0 Å². The van der Waals surface area contributed by atoms with Gasteiger partial charge in [0.05, 0.1) is 5.56 Å². The standard InChI is InChI=1S/C15H17FN2O2/c1-10(15(19)18-12-4-2-3-5-12)20-13-7-6-11(9-17)14(16)8-13/h6-8,10,12H,2-5H2,1H3,(H,18,19). The summed E-state index contributed by atoms with van der Waals surface area (Å²) in [6, 6.07) is 5.91. The molecule has 5 heteroatoms. The molecule has 1 aromatic carbocycles. The molecular formula is C15H17FN2O2. The third kappa shape index (κ3) is 3.47. The second-order valence-corrected chi connectivity index (χ2v) is 5.00. The molecule has 1 aliphatic rings. The van der Waals surface area contributed by atoms with Crippen molar-refractivity contribution in [1.29, 1.82) is 5.26 Å². The molecule has 1 N–H and O–H groups in total. The first-order valence-corrected chi connectivity index (χ1v) is 6.77. The van der Waals surface area contributed by atoms with E-state index in [0.717, 1.165) is 31.7 Å². The van der Waals surface area contributed by atoms with E-state index in [-0.39, 0.29) is 23.3 Å². The summed E-state index contributed by atoms with van der Waals surface area (Å²) in [4.78, 5) is 11.9. The Morgan fingerprint density at radius 3 is 2.80 bits per heavy atom. The minimum absolute atomic E-state index is 0.0413. The molecule has 1 saturated carbocycles. The summed E-state index contributed by atoms with van der Waals surface area (Å²) in [6.45, 7) is 1.63. The molecule has 20 heavy (non-hydrogen) atoms. The Morgan fingerprint density at radius 1 is 1.50 bits per heavy atom. The minimum atomic E-state index is -0.692. The highest BCUT2D eigenvalue weighted by Crippen LogP contribution is 2.19. The van der Waals surface area contributed by atoms with Gasteiger partial charge >= 0.3 is 0 Å². The number of amides is 1. The van der Waals surface area contributed by atoms with Gasteiger partial charge in [-0.2, -0.15) is 5.26 Å². The Hall–Kier alpha value is -2.09. The Labute approximate surface area is 117 Å². The molecule has 1 unspecified atom stereocenters. The van der Waals surface area contributed by atoms with E-state index < -0.39 is 11.9 Å². The smallest absolute Gasteiger partial charge is 0.260 e. The number of nitrogens with one attached hydrogen (secondary N) is 1. The van der Waals surface area contributed by atoms with Crippen molar-refractivity contribution in [1.82, 2.24) is 5.32 Å². The lowest BCUT2D eigenvalue weighted by Crippen LogP contribution is -2.41. The van der Waals surface area contributed by atoms with Crippen LogP contribution in [0.4, 0.5) is 4.39 Å². The number of carbonyl (C=O) groups is 1. The number of halogens is 1. The summed E-state index contributed by atoms with van der Waals surface area (Å²) < 4.78 is 18.8. The largest absolute Gasteiger partial charge is 0.481 e. The predicted molar refractivity (Wildman–Crippen MR) is 71.6 cm³/mol. The maximum absolute atomic E-state index is 13.4. The fourth-order valence-corrected chi connectivity index (χ4v) is 2.31. The summed E-state index contributed by atoms with van der Waals surface area (Å²) in [5, 5.41) is 11.6. The number of nitriles is 1. The van der Waals surface area contributed by atoms with E-state index in [1.165, 1.54) is 12.1 Å². The van der Waals surface area contributed by atoms with Crippen LogP contribution in [0.5, 0.6) is 5.75 Å². The van der Waals surface area contributed by atoms with E-state index in [0.29, 0.717) is 0 Å². The lowest BCUT2D eigenvalue weighted by molar-refractivity contribution is -0.127. The summed E-state index contributed by atoms with van der Waals surface area (Å²) in [7, 11) is 0. The van der Waals surface area contributed by atoms with Crippen LogP contribution < -0.4 is 10.1 Å². The van der Waals surface area contributed by atoms with Crippen molar-refractivity contribution >= 4 is 5.91 Å². The number of benzene rings is 1. The fourth-order valence-electron chi connectivity index (χ4n) is 2.31. The van der Waals surface area contributed by atoms with Crippen LogP contribution in [-0.2, 0) is 4.79 Å². The maximum atomic E-state index is 13.4. The van der Waals surface area contributed by atoms with E-state index in [1.807, 2.05) is 0 Å². The van der Waals surface area contributed by atoms with Crippen LogP contribution in [-0.4, -0.2) is 18.1 Å². The zero-order valence-corrected chi connectivity index (χ0v) is 11.4. The molecular weight excluding hydrogens is 259 g/mol. The van der Waals surface area contributed by atoms with Gasteiger partial charge in [-0.15, -0.1) is 0 Å². The molecule has 0 radical (unpaired) electrons. The highest BCUT2D eigenvalue weighted by molar-refractivity contribution is 5.81. The monoisotopic (exact) mass is 276 g/mol. The SMILES string of the molecule is CC(Oc1ccc(C#N)c(F)c1)C(=O)NC1CCCC1. The Morgan fingerprint density at radius 2 is 2.20 bits per heavy atom. The lowest BCUT2D eigenvalue weighted by atomic mass is 10.2. The summed E-state index contributed by atoms with van der Waals surface area (Å²) in [5.74, 6) is -0.592. The normalized spacial score (nSPS) is 16.4. The van der Waals surface area contributed by atoms with Gasteiger partial charge in [0.1, 0.15) is 17.6 Å². The molecule has 2 rings (SSSR count). The molecule has 4 nitrogen and oxygen atoms in total. The molecule has 1 fully saturated rings. The van der Waals surface area contributed by atoms with E-state index in [2.05, 4.69) is 5.32 Å². The number of carbonyl (C=O) groups excluding carboxylic acids is 1. The van der Waals surface area contributed by atoms with Gasteiger partial charge in [-0.1, -0.05) is 12.8 Å². The fraction of sp³-hybridized carbons (Fsp3) is 0.467. The number of hydrogen-bond acceptors (Lipinski definition) is 3. The van der Waals surface area contributed by atoms with Crippen molar-refractivity contribution in [2.75, 3.05) is 0 Å². The molecule has 0 bridgehead atoms. The zero-order chi connectivity index (χ0) is 14.5. The number of rotatable bonds is 4. The minimum Gasteiger partial charge on any atom is -0.481 e. The first kappa shape index (κ1) is 14.3. The van der Waals surface area contributed by atoms with Crippen LogP contribution in [0.25, 0.3) is 0 Å². The third-order valence-corrected chi connectivity index (χ3v) is 3.44. The van der Waals surface area contributed by atoms with Crippen LogP contribution in [0.1, 0.15) is 38.2 Å². The Balaban J connectivity index is 1.93. The summed E-state index contributed by atoms with van der Waals surface area (Å²) in [5.41, 5.74) is -0.0413. The predicted octanol–water partition coefficient (Wildman–Crippen LogP) is 2.52. The van der Waals surface area contributed by atoms with Gasteiger partial charge in [-0.25, -0.2) is 4.39 Å². The topological polar surface area (TPSA) is 62.1 Å². The van der Waals surface area contributed by atoms with Crippen molar-refractivity contribution in [3.05, 3.63) is 29.6 Å². The van der Waals surface area contributed by atoms with Gasteiger partial charge in [0.15, 0.2) is 6.10 Å². The number of hydrogen-bond donors (Lipinski definition) is 1. The van der Waals surface area contributed by atoms with E-state index in [1.54, 1.807) is 13.0 Å². The zero-order valence-electron chi connectivity index (χ0n) is 11.4. The van der Waals surface area contributed by atoms with Crippen LogP contribution in [0.3, 0.4) is 0 Å². The number of ether oxygens (including phenoxy) is 1. The maximum Gasteiger partial charge on any atom is 0.260 e. The van der Waals surface area contributed by atoms with Gasteiger partial charge in [0.2, 0.25) is 0 Å². The van der Waals surface area contributed by atoms with Crippen molar-refractivity contribution in [2.24, 2.45) is 0 Å². The molecule has 106 valence electrons. The first-order valence-electron chi connectivity index (χ1n) is 6.77. The van der Waals surface area contributed by atoms with Gasteiger partial charge in [0, 0.05) is 12.1 Å². The molecule has 1 atom stereocenters. The highest BCUT2D eigenvalue weighted by Gasteiger charge is 2.21. The second kappa shape index (κ2) is 6.38. The molecule has 1 aromatic rings. The van der Waals surface area contributed by atoms with E-state index in [4.69, 9.17) is 10.00 Å². The number of nitrogens with zero attached hydrogens (tertiary/aromatic N) is 1. The quantitative estimate of drug-likeness (QED) is 0.919. The van der Waals surface area contributed by atoms with E-state index in [9.17, 15) is 9.18 Å². The van der Waals surface area contributed by atoms with Gasteiger partial charge in [-0.05, 0) is 31.9 Å². The van der Waals surface area contributed by atoms with Gasteiger partial charge in [-0.3, -0.25) is 4.79 Å². The average molecular weight is 276 g/mol. The third-order valence-electron chi connectivity index (χ3n) is 3.44. The molecule has 0 heterocycles. The Bertz CT molecular complexity index is 533. The molecule has 1 amide bonds. The van der Waals surface area contributed by atoms with Crippen LogP contribution in [0.15, 0.2) is 18.2 Å². The summed E-state index contributed by atoms with van der Waals surface area (Å²) in [6.07, 6.45) is 3.60. The first-order chi connectivity index (χ1) is 9.60. The summed E-state index contributed by atoms with van der Waals surface area (Å²) >= 11 is 0. The van der Waals surface area contributed by atoms with Crippen LogP contribution >= 0.6 is 0 Å². The molecule has 0 aliphatic heterocycles. The second-order valence-electron chi connectivity index (χ2n) is 5.00. The molecule has 0 aromatic heterocycles. The van der Waals surface area contributed by atoms with Crippen molar-refractivity contribution < 1.29 is 13.9 Å². The highest BCUT2D eigenvalue weighted by atomic mass is 19.1. The molecule has 1 aliphatic carbocycles. The molecule has 0 spiro atoms.